The Morgan fingerprint density at radius 3 is 2.45 bits per heavy atom. The minimum Gasteiger partial charge on any atom is -0.388 e. The van der Waals surface area contributed by atoms with Crippen LogP contribution >= 0.6 is 0 Å². The third-order valence-corrected chi connectivity index (χ3v) is 2.10. The second-order valence-electron chi connectivity index (χ2n) is 3.34. The lowest BCUT2D eigenvalue weighted by Gasteiger charge is -2.19. The van der Waals surface area contributed by atoms with Crippen LogP contribution in [0.4, 0.5) is 0 Å². The molecule has 0 aliphatic carbocycles. The van der Waals surface area contributed by atoms with E-state index >= 15 is 0 Å². The summed E-state index contributed by atoms with van der Waals surface area (Å²) in [6.45, 7) is 3.94. The number of hydrogen-bond donors (Lipinski definition) is 3. The highest BCUT2D eigenvalue weighted by molar-refractivity contribution is 5.76. The number of aliphatic hydroxyl groups is 2. The van der Waals surface area contributed by atoms with E-state index in [0.717, 1.165) is 0 Å². The zero-order chi connectivity index (χ0) is 8.65. The molecule has 1 fully saturated rings. The molecule has 0 bridgehead atoms. The number of rotatable bonds is 0. The summed E-state index contributed by atoms with van der Waals surface area (Å²) in [5.41, 5.74) is -1.05. The van der Waals surface area contributed by atoms with Crippen molar-refractivity contribution in [3.63, 3.8) is 0 Å². The Morgan fingerprint density at radius 2 is 2.27 bits per heavy atom. The topological polar surface area (TPSA) is 67.6 Å². The highest BCUT2D eigenvalue weighted by Gasteiger charge is 2.40. The zero-order valence-electron chi connectivity index (χ0n) is 6.83. The lowest BCUT2D eigenvalue weighted by molar-refractivity contribution is -0.0251. The molecule has 0 radical (unpaired) electrons. The normalized spacial score (nSPS) is 37.8. The minimum atomic E-state index is -1.05. The molecule has 0 aromatic carbocycles. The van der Waals surface area contributed by atoms with Gasteiger partial charge in [0.25, 0.3) is 0 Å². The summed E-state index contributed by atoms with van der Waals surface area (Å²) >= 11 is 0. The van der Waals surface area contributed by atoms with Gasteiger partial charge in [-0.3, -0.25) is 5.41 Å². The number of amidine groups is 1. The third-order valence-electron chi connectivity index (χ3n) is 2.10. The Bertz CT molecular complexity index is 179. The summed E-state index contributed by atoms with van der Waals surface area (Å²) in [5.74, 6) is 0.391. The average molecular weight is 158 g/mol. The molecular formula is C7H14N2O2. The van der Waals surface area contributed by atoms with Crippen molar-refractivity contribution in [3.8, 4) is 0 Å². The second kappa shape index (κ2) is 2.46. The van der Waals surface area contributed by atoms with E-state index in [2.05, 4.69) is 0 Å². The van der Waals surface area contributed by atoms with Crippen LogP contribution in [-0.2, 0) is 0 Å². The van der Waals surface area contributed by atoms with Gasteiger partial charge in [-0.15, -0.1) is 0 Å². The first-order valence-electron chi connectivity index (χ1n) is 3.64. The van der Waals surface area contributed by atoms with E-state index in [1.165, 1.54) is 0 Å². The van der Waals surface area contributed by atoms with Gasteiger partial charge in [0.05, 0.1) is 12.4 Å². The van der Waals surface area contributed by atoms with Crippen LogP contribution in [-0.4, -0.2) is 45.7 Å². The van der Waals surface area contributed by atoms with Gasteiger partial charge in [-0.2, -0.15) is 0 Å². The van der Waals surface area contributed by atoms with Gasteiger partial charge in [-0.1, -0.05) is 0 Å². The van der Waals surface area contributed by atoms with Crippen LogP contribution in [0.15, 0.2) is 0 Å². The van der Waals surface area contributed by atoms with Crippen LogP contribution in [0.25, 0.3) is 0 Å². The van der Waals surface area contributed by atoms with E-state index in [9.17, 15) is 10.2 Å². The van der Waals surface area contributed by atoms with Crippen molar-refractivity contribution in [1.29, 1.82) is 5.41 Å². The molecule has 2 atom stereocenters. The second-order valence-corrected chi connectivity index (χ2v) is 3.34. The Labute approximate surface area is 66.0 Å². The lowest BCUT2D eigenvalue weighted by Crippen LogP contribution is -2.38. The first-order chi connectivity index (χ1) is 4.93. The van der Waals surface area contributed by atoms with Crippen LogP contribution in [0.2, 0.25) is 0 Å². The first kappa shape index (κ1) is 8.49. The number of nitrogens with zero attached hydrogens (tertiary/aromatic N) is 1. The molecule has 1 saturated heterocycles. The number of likely N-dealkylation sites (tertiary alicyclic amines) is 1. The monoisotopic (exact) mass is 158 g/mol. The van der Waals surface area contributed by atoms with Gasteiger partial charge in [0.15, 0.2) is 0 Å². The molecule has 0 aromatic rings. The molecule has 0 amide bonds. The van der Waals surface area contributed by atoms with Crippen molar-refractivity contribution in [2.45, 2.75) is 25.6 Å². The fourth-order valence-electron chi connectivity index (χ4n) is 1.22. The van der Waals surface area contributed by atoms with Gasteiger partial charge < -0.3 is 15.1 Å². The zero-order valence-corrected chi connectivity index (χ0v) is 6.83. The van der Waals surface area contributed by atoms with Crippen LogP contribution in [0.5, 0.6) is 0 Å². The molecule has 4 heteroatoms. The standard InChI is InChI=1S/C7H14N2O2/c1-5(8)9-3-6(10)7(2,11)4-9/h6,8,10-11H,3-4H2,1-2H3/t6-,7+/m0/s1. The minimum absolute atomic E-state index is 0.351. The van der Waals surface area contributed by atoms with Crippen molar-refractivity contribution in [1.82, 2.24) is 4.90 Å². The van der Waals surface area contributed by atoms with E-state index in [0.29, 0.717) is 18.9 Å². The van der Waals surface area contributed by atoms with Gasteiger partial charge in [0.1, 0.15) is 11.7 Å². The van der Waals surface area contributed by atoms with Crippen molar-refractivity contribution in [2.75, 3.05) is 13.1 Å². The molecule has 1 aliphatic rings. The highest BCUT2D eigenvalue weighted by atomic mass is 16.3. The summed E-state index contributed by atoms with van der Waals surface area (Å²) in [5, 5.41) is 26.0. The molecule has 1 rings (SSSR count). The molecule has 11 heavy (non-hydrogen) atoms. The Balaban J connectivity index is 2.64. The Hall–Kier alpha value is -0.610. The van der Waals surface area contributed by atoms with Gasteiger partial charge in [0.2, 0.25) is 0 Å². The van der Waals surface area contributed by atoms with Crippen LogP contribution in [0.3, 0.4) is 0 Å². The molecule has 0 spiro atoms. The lowest BCUT2D eigenvalue weighted by atomic mass is 10.0. The van der Waals surface area contributed by atoms with Crippen LogP contribution in [0, 0.1) is 5.41 Å². The maximum atomic E-state index is 9.49. The highest BCUT2D eigenvalue weighted by Crippen LogP contribution is 2.20. The molecule has 64 valence electrons. The Morgan fingerprint density at radius 1 is 1.73 bits per heavy atom. The molecule has 0 saturated carbocycles. The molecular weight excluding hydrogens is 144 g/mol. The van der Waals surface area contributed by atoms with E-state index in [1.54, 1.807) is 18.7 Å². The summed E-state index contributed by atoms with van der Waals surface area (Å²) in [6.07, 6.45) is -0.734. The van der Waals surface area contributed by atoms with E-state index < -0.39 is 11.7 Å². The maximum absolute atomic E-state index is 9.49. The predicted molar refractivity (Wildman–Crippen MR) is 41.6 cm³/mol. The fraction of sp³-hybridized carbons (Fsp3) is 0.857. The Kier molecular flexibility index (Phi) is 1.90. The summed E-state index contributed by atoms with van der Waals surface area (Å²) in [6, 6.07) is 0. The van der Waals surface area contributed by atoms with Crippen molar-refractivity contribution >= 4 is 5.84 Å². The first-order valence-corrected chi connectivity index (χ1v) is 3.64. The van der Waals surface area contributed by atoms with Gasteiger partial charge in [-0.05, 0) is 13.8 Å². The number of aliphatic hydroxyl groups excluding tert-OH is 1. The fourth-order valence-corrected chi connectivity index (χ4v) is 1.22. The van der Waals surface area contributed by atoms with Crippen molar-refractivity contribution in [3.05, 3.63) is 0 Å². The van der Waals surface area contributed by atoms with Crippen LogP contribution < -0.4 is 0 Å². The van der Waals surface area contributed by atoms with Crippen molar-refractivity contribution in [2.24, 2.45) is 0 Å². The molecule has 0 aromatic heterocycles. The molecule has 4 nitrogen and oxygen atoms in total. The van der Waals surface area contributed by atoms with Gasteiger partial charge in [0, 0.05) is 6.54 Å². The smallest absolute Gasteiger partial charge is 0.107 e. The predicted octanol–water partition coefficient (Wildman–Crippen LogP) is -0.589. The SMILES string of the molecule is CC(=N)N1C[C@H](O)[C@](C)(O)C1. The van der Waals surface area contributed by atoms with E-state index in [-0.39, 0.29) is 0 Å². The maximum Gasteiger partial charge on any atom is 0.107 e. The van der Waals surface area contributed by atoms with E-state index in [1.807, 2.05) is 0 Å². The van der Waals surface area contributed by atoms with Gasteiger partial charge in [-0.25, -0.2) is 0 Å². The molecule has 3 N–H and O–H groups in total. The number of nitrogens with one attached hydrogen (secondary N) is 1. The van der Waals surface area contributed by atoms with Gasteiger partial charge >= 0.3 is 0 Å². The number of β-amino-alcohol motifs (C(OH)–C–C–N with tert-alkyl or cyclic N) is 2. The number of hydrogen-bond acceptors (Lipinski definition) is 3. The quantitative estimate of drug-likeness (QED) is 0.326. The molecule has 0 unspecified atom stereocenters. The van der Waals surface area contributed by atoms with Crippen LogP contribution in [0.1, 0.15) is 13.8 Å². The average Bonchev–Trinajstić information content (AvgIpc) is 2.08. The third kappa shape index (κ3) is 1.52. The summed E-state index contributed by atoms with van der Waals surface area (Å²) in [7, 11) is 0. The van der Waals surface area contributed by atoms with E-state index in [4.69, 9.17) is 5.41 Å². The molecule has 1 aliphatic heterocycles. The largest absolute Gasteiger partial charge is 0.388 e. The summed E-state index contributed by atoms with van der Waals surface area (Å²) in [4.78, 5) is 1.66. The summed E-state index contributed by atoms with van der Waals surface area (Å²) < 4.78 is 0. The van der Waals surface area contributed by atoms with Crippen molar-refractivity contribution < 1.29 is 10.2 Å². The molecule has 1 heterocycles.